The van der Waals surface area contributed by atoms with Gasteiger partial charge in [-0.15, -0.1) is 0 Å². The van der Waals surface area contributed by atoms with Crippen LogP contribution in [-0.2, 0) is 4.79 Å². The first kappa shape index (κ1) is 12.5. The number of piperidine rings is 1. The van der Waals surface area contributed by atoms with Gasteiger partial charge in [0.05, 0.1) is 5.92 Å². The Morgan fingerprint density at radius 1 is 1.17 bits per heavy atom. The van der Waals surface area contributed by atoms with E-state index in [1.807, 2.05) is 0 Å². The van der Waals surface area contributed by atoms with E-state index in [1.54, 1.807) is 0 Å². The molecule has 3 aliphatic rings. The van der Waals surface area contributed by atoms with Crippen LogP contribution in [0.2, 0.25) is 0 Å². The van der Waals surface area contributed by atoms with E-state index in [0.717, 1.165) is 25.9 Å². The van der Waals surface area contributed by atoms with Crippen molar-refractivity contribution in [1.82, 2.24) is 4.90 Å². The van der Waals surface area contributed by atoms with Crippen molar-refractivity contribution < 1.29 is 4.79 Å². The minimum absolute atomic E-state index is 0.143. The molecule has 0 aromatic rings. The van der Waals surface area contributed by atoms with Crippen molar-refractivity contribution in [3.05, 3.63) is 0 Å². The fraction of sp³-hybridized carbons (Fsp3) is 0.933. The van der Waals surface area contributed by atoms with Crippen molar-refractivity contribution >= 4 is 5.91 Å². The summed E-state index contributed by atoms with van der Waals surface area (Å²) < 4.78 is 0. The zero-order chi connectivity index (χ0) is 12.9. The Kier molecular flexibility index (Phi) is 2.92. The molecule has 2 aliphatic carbocycles. The summed E-state index contributed by atoms with van der Waals surface area (Å²) in [7, 11) is 0. The molecule has 2 saturated carbocycles. The molecule has 1 amide bonds. The van der Waals surface area contributed by atoms with Crippen molar-refractivity contribution in [2.75, 3.05) is 13.1 Å². The second kappa shape index (κ2) is 4.22. The highest BCUT2D eigenvalue weighted by Gasteiger charge is 2.50. The highest BCUT2D eigenvalue weighted by Crippen LogP contribution is 2.48. The molecule has 0 radical (unpaired) electrons. The number of fused-ring (bicyclic) bond motifs is 2. The van der Waals surface area contributed by atoms with Gasteiger partial charge in [0.2, 0.25) is 5.91 Å². The lowest BCUT2D eigenvalue weighted by atomic mass is 9.80. The maximum absolute atomic E-state index is 12.7. The number of carbonyl (C=O) groups is 1. The van der Waals surface area contributed by atoms with Gasteiger partial charge in [-0.1, -0.05) is 13.8 Å². The SMILES string of the molecule is CC1(C)CCN(C(=O)C2C3CCC(C3)C2N)CC1. The summed E-state index contributed by atoms with van der Waals surface area (Å²) in [5.74, 6) is 1.73. The molecule has 18 heavy (non-hydrogen) atoms. The van der Waals surface area contributed by atoms with Gasteiger partial charge in [-0.3, -0.25) is 4.79 Å². The van der Waals surface area contributed by atoms with Crippen LogP contribution in [0.15, 0.2) is 0 Å². The molecule has 3 nitrogen and oxygen atoms in total. The van der Waals surface area contributed by atoms with Crippen molar-refractivity contribution in [3.63, 3.8) is 0 Å². The molecule has 1 aliphatic heterocycles. The van der Waals surface area contributed by atoms with Crippen LogP contribution in [-0.4, -0.2) is 29.9 Å². The summed E-state index contributed by atoms with van der Waals surface area (Å²) in [6.45, 7) is 6.48. The van der Waals surface area contributed by atoms with Crippen LogP contribution in [0.3, 0.4) is 0 Å². The quantitative estimate of drug-likeness (QED) is 0.774. The average Bonchev–Trinajstić information content (AvgIpc) is 2.88. The van der Waals surface area contributed by atoms with Crippen LogP contribution in [0.1, 0.15) is 46.0 Å². The average molecular weight is 250 g/mol. The monoisotopic (exact) mass is 250 g/mol. The van der Waals surface area contributed by atoms with Gasteiger partial charge in [0.1, 0.15) is 0 Å². The third kappa shape index (κ3) is 1.97. The molecule has 3 heteroatoms. The first-order chi connectivity index (χ1) is 8.48. The summed E-state index contributed by atoms with van der Waals surface area (Å²) in [5.41, 5.74) is 6.69. The van der Waals surface area contributed by atoms with Gasteiger partial charge in [-0.25, -0.2) is 0 Å². The zero-order valence-corrected chi connectivity index (χ0v) is 11.7. The molecule has 3 rings (SSSR count). The molecule has 0 aromatic carbocycles. The number of nitrogens with two attached hydrogens (primary N) is 1. The van der Waals surface area contributed by atoms with Crippen molar-refractivity contribution in [2.24, 2.45) is 28.9 Å². The Labute approximate surface area is 110 Å². The standard InChI is InChI=1S/C15H26N2O/c1-15(2)5-7-17(8-6-15)14(18)12-10-3-4-11(9-10)13(12)16/h10-13H,3-9,16H2,1-2H3. The smallest absolute Gasteiger partial charge is 0.227 e. The summed E-state index contributed by atoms with van der Waals surface area (Å²) in [6.07, 6.45) is 5.96. The van der Waals surface area contributed by atoms with E-state index in [4.69, 9.17) is 5.73 Å². The first-order valence-electron chi connectivity index (χ1n) is 7.52. The third-order valence-electron chi connectivity index (χ3n) is 5.69. The molecule has 1 saturated heterocycles. The van der Waals surface area contributed by atoms with Gasteiger partial charge in [0.25, 0.3) is 0 Å². The fourth-order valence-electron chi connectivity index (χ4n) is 4.25. The van der Waals surface area contributed by atoms with Crippen LogP contribution in [0, 0.1) is 23.2 Å². The molecular formula is C15H26N2O. The molecule has 2 bridgehead atoms. The molecule has 4 atom stereocenters. The van der Waals surface area contributed by atoms with E-state index >= 15 is 0 Å². The second-order valence-electron chi connectivity index (χ2n) is 7.43. The predicted molar refractivity (Wildman–Crippen MR) is 71.9 cm³/mol. The van der Waals surface area contributed by atoms with Crippen LogP contribution in [0.4, 0.5) is 0 Å². The molecule has 2 N–H and O–H groups in total. The minimum atomic E-state index is 0.143. The number of amides is 1. The molecular weight excluding hydrogens is 224 g/mol. The number of carbonyl (C=O) groups excluding carboxylic acids is 1. The van der Waals surface area contributed by atoms with Crippen LogP contribution in [0.25, 0.3) is 0 Å². The highest BCUT2D eigenvalue weighted by molar-refractivity contribution is 5.80. The molecule has 3 fully saturated rings. The highest BCUT2D eigenvalue weighted by atomic mass is 16.2. The number of hydrogen-bond donors (Lipinski definition) is 1. The van der Waals surface area contributed by atoms with Gasteiger partial charge in [0, 0.05) is 19.1 Å². The Bertz CT molecular complexity index is 340. The van der Waals surface area contributed by atoms with E-state index in [-0.39, 0.29) is 12.0 Å². The third-order valence-corrected chi connectivity index (χ3v) is 5.69. The second-order valence-corrected chi connectivity index (χ2v) is 7.43. The Hall–Kier alpha value is -0.570. The van der Waals surface area contributed by atoms with Crippen molar-refractivity contribution in [3.8, 4) is 0 Å². The lowest BCUT2D eigenvalue weighted by Gasteiger charge is -2.40. The van der Waals surface area contributed by atoms with E-state index in [9.17, 15) is 4.79 Å². The van der Waals surface area contributed by atoms with E-state index < -0.39 is 0 Å². The first-order valence-corrected chi connectivity index (χ1v) is 7.52. The largest absolute Gasteiger partial charge is 0.342 e. The molecule has 1 heterocycles. The summed E-state index contributed by atoms with van der Waals surface area (Å²) in [4.78, 5) is 14.8. The number of hydrogen-bond acceptors (Lipinski definition) is 2. The molecule has 4 unspecified atom stereocenters. The minimum Gasteiger partial charge on any atom is -0.342 e. The Balaban J connectivity index is 1.65. The summed E-state index contributed by atoms with van der Waals surface area (Å²) in [5, 5.41) is 0. The predicted octanol–water partition coefficient (Wildman–Crippen LogP) is 2.01. The van der Waals surface area contributed by atoms with Crippen LogP contribution < -0.4 is 5.73 Å². The normalized spacial score (nSPS) is 42.3. The van der Waals surface area contributed by atoms with Gasteiger partial charge in [0.15, 0.2) is 0 Å². The van der Waals surface area contributed by atoms with E-state index in [2.05, 4.69) is 18.7 Å². The Morgan fingerprint density at radius 2 is 1.78 bits per heavy atom. The van der Waals surface area contributed by atoms with Gasteiger partial charge >= 0.3 is 0 Å². The summed E-state index contributed by atoms with van der Waals surface area (Å²) >= 11 is 0. The fourth-order valence-corrected chi connectivity index (χ4v) is 4.25. The topological polar surface area (TPSA) is 46.3 Å². The van der Waals surface area contributed by atoms with Gasteiger partial charge in [-0.2, -0.15) is 0 Å². The molecule has 0 spiro atoms. The number of likely N-dealkylation sites (tertiary alicyclic amines) is 1. The molecule has 0 aromatic heterocycles. The van der Waals surface area contributed by atoms with E-state index in [0.29, 0.717) is 23.2 Å². The lowest BCUT2D eigenvalue weighted by molar-refractivity contribution is -0.139. The number of nitrogens with zero attached hydrogens (tertiary/aromatic N) is 1. The Morgan fingerprint density at radius 3 is 2.33 bits per heavy atom. The van der Waals surface area contributed by atoms with Crippen molar-refractivity contribution in [1.29, 1.82) is 0 Å². The van der Waals surface area contributed by atoms with Crippen LogP contribution >= 0.6 is 0 Å². The van der Waals surface area contributed by atoms with Crippen LogP contribution in [0.5, 0.6) is 0 Å². The van der Waals surface area contributed by atoms with E-state index in [1.165, 1.54) is 19.3 Å². The van der Waals surface area contributed by atoms with Gasteiger partial charge < -0.3 is 10.6 Å². The zero-order valence-electron chi connectivity index (χ0n) is 11.7. The maximum Gasteiger partial charge on any atom is 0.227 e. The summed E-state index contributed by atoms with van der Waals surface area (Å²) in [6, 6.07) is 0.145. The molecule has 102 valence electrons. The lowest BCUT2D eigenvalue weighted by Crippen LogP contribution is -2.50. The van der Waals surface area contributed by atoms with Gasteiger partial charge in [-0.05, 0) is 49.4 Å². The number of rotatable bonds is 1. The van der Waals surface area contributed by atoms with Crippen molar-refractivity contribution in [2.45, 2.75) is 52.0 Å². The maximum atomic E-state index is 12.7.